The quantitative estimate of drug-likeness (QED) is 0.230. The largest absolute Gasteiger partial charge is 0.490 e. The number of halogens is 4. The summed E-state index contributed by atoms with van der Waals surface area (Å²) in [6.45, 7) is 2.52. The van der Waals surface area contributed by atoms with Gasteiger partial charge in [-0.05, 0) is 66.6 Å². The Hall–Kier alpha value is -2.70. The Bertz CT molecular complexity index is 1300. The topological polar surface area (TPSA) is 57.1 Å². The molecule has 0 saturated carbocycles. The van der Waals surface area contributed by atoms with Gasteiger partial charge in [-0.25, -0.2) is 9.79 Å². The summed E-state index contributed by atoms with van der Waals surface area (Å²) < 4.78 is 17.0. The molecule has 0 bridgehead atoms. The second-order valence-electron chi connectivity index (χ2n) is 7.14. The van der Waals surface area contributed by atoms with Gasteiger partial charge < -0.3 is 14.2 Å². The first kappa shape index (κ1) is 24.4. The zero-order valence-electron chi connectivity index (χ0n) is 17.8. The van der Waals surface area contributed by atoms with E-state index >= 15 is 0 Å². The minimum atomic E-state index is -0.613. The number of aliphatic imine (C=N–C) groups is 1. The Kier molecular flexibility index (Phi) is 7.69. The molecule has 0 spiro atoms. The predicted octanol–water partition coefficient (Wildman–Crippen LogP) is 7.62. The van der Waals surface area contributed by atoms with E-state index in [1.54, 1.807) is 48.5 Å². The second kappa shape index (κ2) is 10.7. The normalized spacial score (nSPS) is 14.2. The molecule has 0 aromatic heterocycles. The highest BCUT2D eigenvalue weighted by Gasteiger charge is 2.26. The number of esters is 1. The summed E-state index contributed by atoms with van der Waals surface area (Å²) in [7, 11) is 0. The molecule has 0 fully saturated rings. The van der Waals surface area contributed by atoms with Crippen molar-refractivity contribution in [3.8, 4) is 11.5 Å². The summed E-state index contributed by atoms with van der Waals surface area (Å²) >= 11 is 24.6. The fourth-order valence-electron chi connectivity index (χ4n) is 3.16. The Labute approximate surface area is 216 Å². The summed E-state index contributed by atoms with van der Waals surface area (Å²) in [4.78, 5) is 16.7. The number of rotatable bonds is 7. The van der Waals surface area contributed by atoms with Gasteiger partial charge in [-0.15, -0.1) is 0 Å². The number of carbonyl (C=O) groups excluding carboxylic acids is 1. The molecule has 9 heteroatoms. The van der Waals surface area contributed by atoms with Gasteiger partial charge in [-0.1, -0.05) is 58.5 Å². The number of benzene rings is 3. The molecule has 4 rings (SSSR count). The van der Waals surface area contributed by atoms with Gasteiger partial charge in [0, 0.05) is 10.0 Å². The number of hydrogen-bond donors (Lipinski definition) is 0. The first-order valence-electron chi connectivity index (χ1n) is 10.2. The maximum Gasteiger partial charge on any atom is 0.363 e. The van der Waals surface area contributed by atoms with E-state index in [1.807, 2.05) is 19.1 Å². The molecule has 1 aliphatic heterocycles. The number of cyclic esters (lactones) is 1. The van der Waals surface area contributed by atoms with Crippen LogP contribution >= 0.6 is 46.4 Å². The first-order chi connectivity index (χ1) is 16.3. The van der Waals surface area contributed by atoms with Crippen molar-refractivity contribution in [2.24, 2.45) is 4.99 Å². The maximum absolute atomic E-state index is 12.4. The van der Waals surface area contributed by atoms with Crippen molar-refractivity contribution in [2.75, 3.05) is 6.61 Å². The van der Waals surface area contributed by atoms with E-state index in [-0.39, 0.29) is 18.2 Å². The molecular formula is C25H17Cl4NO4. The molecule has 0 atom stereocenters. The Morgan fingerprint density at radius 2 is 1.65 bits per heavy atom. The molecule has 0 amide bonds. The lowest BCUT2D eigenvalue weighted by atomic mass is 10.1. The van der Waals surface area contributed by atoms with Crippen LogP contribution in [0.1, 0.15) is 23.6 Å². The third kappa shape index (κ3) is 5.68. The van der Waals surface area contributed by atoms with Crippen LogP contribution in [0.25, 0.3) is 6.08 Å². The fourth-order valence-corrected chi connectivity index (χ4v) is 4.04. The average Bonchev–Trinajstić information content (AvgIpc) is 3.14. The molecular weight excluding hydrogens is 520 g/mol. The molecule has 1 heterocycles. The van der Waals surface area contributed by atoms with Gasteiger partial charge in [-0.2, -0.15) is 0 Å². The molecule has 3 aromatic carbocycles. The van der Waals surface area contributed by atoms with E-state index < -0.39 is 5.97 Å². The van der Waals surface area contributed by atoms with Crippen molar-refractivity contribution in [3.05, 3.63) is 97.1 Å². The van der Waals surface area contributed by atoms with Gasteiger partial charge in [0.1, 0.15) is 6.61 Å². The standard InChI is InChI=1S/C25H17Cl4NO4/c1-2-32-22-11-15(9-20(29)23(22)33-13-14-3-5-16(26)6-4-14)10-21-25(31)34-24(30-21)18-8-7-17(27)12-19(18)28/h3-12H,2,13H2,1H3/b21-10-. The van der Waals surface area contributed by atoms with Crippen molar-refractivity contribution >= 4 is 64.3 Å². The summed E-state index contributed by atoms with van der Waals surface area (Å²) in [6.07, 6.45) is 1.55. The van der Waals surface area contributed by atoms with E-state index in [2.05, 4.69) is 4.99 Å². The second-order valence-corrected chi connectivity index (χ2v) is 8.83. The zero-order chi connectivity index (χ0) is 24.2. The van der Waals surface area contributed by atoms with Crippen molar-refractivity contribution in [3.63, 3.8) is 0 Å². The highest BCUT2D eigenvalue weighted by atomic mass is 35.5. The molecule has 0 aliphatic carbocycles. The van der Waals surface area contributed by atoms with Crippen LogP contribution in [0, 0.1) is 0 Å². The molecule has 3 aromatic rings. The van der Waals surface area contributed by atoms with Crippen molar-refractivity contribution in [1.29, 1.82) is 0 Å². The van der Waals surface area contributed by atoms with Crippen LogP contribution in [0.2, 0.25) is 20.1 Å². The van der Waals surface area contributed by atoms with Crippen LogP contribution in [-0.4, -0.2) is 18.5 Å². The minimum Gasteiger partial charge on any atom is -0.490 e. The maximum atomic E-state index is 12.4. The fraction of sp³-hybridized carbons (Fsp3) is 0.120. The Balaban J connectivity index is 1.61. The van der Waals surface area contributed by atoms with E-state index in [0.29, 0.717) is 49.3 Å². The van der Waals surface area contributed by atoms with Crippen LogP contribution in [0.15, 0.2) is 65.3 Å². The average molecular weight is 537 g/mol. The van der Waals surface area contributed by atoms with Gasteiger partial charge in [0.15, 0.2) is 17.2 Å². The lowest BCUT2D eigenvalue weighted by molar-refractivity contribution is -0.129. The monoisotopic (exact) mass is 535 g/mol. The zero-order valence-corrected chi connectivity index (χ0v) is 20.8. The molecule has 0 radical (unpaired) electrons. The van der Waals surface area contributed by atoms with E-state index in [0.717, 1.165) is 5.56 Å². The molecule has 34 heavy (non-hydrogen) atoms. The van der Waals surface area contributed by atoms with Crippen LogP contribution in [0.5, 0.6) is 11.5 Å². The highest BCUT2D eigenvalue weighted by Crippen LogP contribution is 2.38. The molecule has 0 N–H and O–H groups in total. The minimum absolute atomic E-state index is 0.0920. The molecule has 0 saturated heterocycles. The SMILES string of the molecule is CCOc1cc(/C=C2\N=C(c3ccc(Cl)cc3Cl)OC2=O)cc(Cl)c1OCc1ccc(Cl)cc1. The van der Waals surface area contributed by atoms with Gasteiger partial charge >= 0.3 is 5.97 Å². The molecule has 174 valence electrons. The van der Waals surface area contributed by atoms with Crippen LogP contribution < -0.4 is 9.47 Å². The van der Waals surface area contributed by atoms with Gasteiger partial charge in [-0.3, -0.25) is 0 Å². The molecule has 5 nitrogen and oxygen atoms in total. The van der Waals surface area contributed by atoms with Crippen LogP contribution in [0.3, 0.4) is 0 Å². The summed E-state index contributed by atoms with van der Waals surface area (Å²) in [5, 5.41) is 1.75. The number of nitrogens with zero attached hydrogens (tertiary/aromatic N) is 1. The predicted molar refractivity (Wildman–Crippen MR) is 135 cm³/mol. The number of hydrogen-bond acceptors (Lipinski definition) is 5. The van der Waals surface area contributed by atoms with E-state index in [1.165, 1.54) is 0 Å². The first-order valence-corrected chi connectivity index (χ1v) is 11.7. The smallest absolute Gasteiger partial charge is 0.363 e. The molecule has 0 unspecified atom stereocenters. The summed E-state index contributed by atoms with van der Waals surface area (Å²) in [5.41, 5.74) is 2.06. The lowest BCUT2D eigenvalue weighted by Gasteiger charge is -2.14. The third-order valence-electron chi connectivity index (χ3n) is 4.71. The van der Waals surface area contributed by atoms with Crippen molar-refractivity contribution < 1.29 is 19.0 Å². The Morgan fingerprint density at radius 3 is 2.35 bits per heavy atom. The van der Waals surface area contributed by atoms with Crippen LogP contribution in [-0.2, 0) is 16.1 Å². The lowest BCUT2D eigenvalue weighted by Crippen LogP contribution is -2.06. The van der Waals surface area contributed by atoms with Crippen LogP contribution in [0.4, 0.5) is 0 Å². The number of ether oxygens (including phenoxy) is 3. The summed E-state index contributed by atoms with van der Waals surface area (Å²) in [6, 6.07) is 15.5. The van der Waals surface area contributed by atoms with Crippen molar-refractivity contribution in [2.45, 2.75) is 13.5 Å². The number of carbonyl (C=O) groups is 1. The van der Waals surface area contributed by atoms with Gasteiger partial charge in [0.05, 0.1) is 22.2 Å². The van der Waals surface area contributed by atoms with Crippen molar-refractivity contribution in [1.82, 2.24) is 0 Å². The third-order valence-corrected chi connectivity index (χ3v) is 5.79. The van der Waals surface area contributed by atoms with Gasteiger partial charge in [0.2, 0.25) is 5.90 Å². The van der Waals surface area contributed by atoms with E-state index in [9.17, 15) is 4.79 Å². The highest BCUT2D eigenvalue weighted by molar-refractivity contribution is 6.37. The summed E-state index contributed by atoms with van der Waals surface area (Å²) in [5.74, 6) is 0.314. The van der Waals surface area contributed by atoms with Gasteiger partial charge in [0.25, 0.3) is 0 Å². The Morgan fingerprint density at radius 1 is 0.912 bits per heavy atom. The molecule has 1 aliphatic rings. The van der Waals surface area contributed by atoms with E-state index in [4.69, 9.17) is 60.6 Å².